The highest BCUT2D eigenvalue weighted by atomic mass is 32.2. The van der Waals surface area contributed by atoms with E-state index in [-0.39, 0.29) is 10.9 Å². The van der Waals surface area contributed by atoms with Crippen LogP contribution in [-0.4, -0.2) is 36.9 Å². The first-order valence-corrected chi connectivity index (χ1v) is 11.6. The number of urea groups is 1. The molecule has 0 fully saturated rings. The number of carbonyl (C=O) groups excluding carboxylic acids is 1. The van der Waals surface area contributed by atoms with E-state index >= 15 is 0 Å². The molecule has 172 valence electrons. The number of primary sulfonamides is 1. The van der Waals surface area contributed by atoms with E-state index in [1.807, 2.05) is 38.1 Å². The van der Waals surface area contributed by atoms with Crippen LogP contribution in [0.4, 0.5) is 16.4 Å². The minimum Gasteiger partial charge on any atom is -0.308 e. The van der Waals surface area contributed by atoms with Crippen LogP contribution in [0.3, 0.4) is 0 Å². The van der Waals surface area contributed by atoms with Crippen LogP contribution in [0.25, 0.3) is 0 Å². The van der Waals surface area contributed by atoms with Crippen LogP contribution in [0.15, 0.2) is 70.6 Å². The van der Waals surface area contributed by atoms with Crippen molar-refractivity contribution in [3.05, 3.63) is 77.6 Å². The third kappa shape index (κ3) is 7.66. The molecule has 3 aromatic rings. The fraction of sp³-hybridized carbons (Fsp3) is 0.182. The van der Waals surface area contributed by atoms with Crippen molar-refractivity contribution in [1.82, 2.24) is 15.3 Å². The van der Waals surface area contributed by atoms with Crippen molar-refractivity contribution in [3.63, 3.8) is 0 Å². The summed E-state index contributed by atoms with van der Waals surface area (Å²) in [5.74, 6) is 0.485. The van der Waals surface area contributed by atoms with Gasteiger partial charge in [0, 0.05) is 23.6 Å². The van der Waals surface area contributed by atoms with E-state index in [9.17, 15) is 13.2 Å². The molecule has 0 bridgehead atoms. The fourth-order valence-corrected chi connectivity index (χ4v) is 3.45. The number of anilines is 2. The van der Waals surface area contributed by atoms with Crippen LogP contribution in [0, 0.1) is 13.8 Å². The van der Waals surface area contributed by atoms with Crippen molar-refractivity contribution in [2.45, 2.75) is 25.2 Å². The van der Waals surface area contributed by atoms with E-state index < -0.39 is 16.1 Å². The first-order chi connectivity index (χ1) is 15.7. The van der Waals surface area contributed by atoms with Gasteiger partial charge in [-0.25, -0.2) is 28.3 Å². The Morgan fingerprint density at radius 2 is 1.61 bits per heavy atom. The van der Waals surface area contributed by atoms with E-state index in [0.717, 1.165) is 17.0 Å². The number of para-hydroxylation sites is 1. The van der Waals surface area contributed by atoms with Crippen LogP contribution in [0.5, 0.6) is 0 Å². The summed E-state index contributed by atoms with van der Waals surface area (Å²) < 4.78 is 22.8. The molecule has 3 rings (SSSR count). The van der Waals surface area contributed by atoms with Crippen LogP contribution in [0.1, 0.15) is 17.0 Å². The number of aromatic nitrogens is 2. The lowest BCUT2D eigenvalue weighted by Gasteiger charge is -2.12. The lowest BCUT2D eigenvalue weighted by atomic mass is 10.1. The lowest BCUT2D eigenvalue weighted by Crippen LogP contribution is -2.39. The zero-order valence-electron chi connectivity index (χ0n) is 18.2. The monoisotopic (exact) mass is 467 g/mol. The normalized spacial score (nSPS) is 11.7. The highest BCUT2D eigenvalue weighted by Crippen LogP contribution is 2.10. The topological polar surface area (TPSA) is 151 Å². The highest BCUT2D eigenvalue weighted by molar-refractivity contribution is 7.89. The number of nitrogens with zero attached hydrogens (tertiary/aromatic N) is 3. The average molecular weight is 468 g/mol. The Morgan fingerprint density at radius 3 is 2.21 bits per heavy atom. The second-order valence-electron chi connectivity index (χ2n) is 7.21. The predicted molar refractivity (Wildman–Crippen MR) is 128 cm³/mol. The van der Waals surface area contributed by atoms with E-state index in [0.29, 0.717) is 24.6 Å². The van der Waals surface area contributed by atoms with Gasteiger partial charge < -0.3 is 5.32 Å². The number of guanidine groups is 1. The standard InChI is InChI=1S/C22H25N7O3S/c1-15-14-16(2)26-21(25-15)28-20(29-22(30)27-18-6-4-3-5-7-18)24-13-12-17-8-10-19(11-9-17)33(23,31)32/h3-11,14H,12-13H2,1-2H3,(H2,23,31,32)(H3,24,25,26,27,28,29,30). The van der Waals surface area contributed by atoms with Gasteiger partial charge in [-0.1, -0.05) is 30.3 Å². The van der Waals surface area contributed by atoms with Gasteiger partial charge in [0.1, 0.15) is 0 Å². The number of aryl methyl sites for hydroxylation is 2. The Bertz CT molecular complexity index is 1220. The highest BCUT2D eigenvalue weighted by Gasteiger charge is 2.10. The summed E-state index contributed by atoms with van der Waals surface area (Å²) in [6.45, 7) is 4.00. The van der Waals surface area contributed by atoms with Gasteiger partial charge in [0.2, 0.25) is 21.9 Å². The number of sulfonamides is 1. The van der Waals surface area contributed by atoms with Crippen molar-refractivity contribution < 1.29 is 13.2 Å². The maximum Gasteiger partial charge on any atom is 0.326 e. The molecule has 0 saturated carbocycles. The third-order valence-electron chi connectivity index (χ3n) is 4.40. The molecule has 0 radical (unpaired) electrons. The first kappa shape index (κ1) is 23.8. The van der Waals surface area contributed by atoms with Crippen molar-refractivity contribution in [2.75, 3.05) is 17.2 Å². The smallest absolute Gasteiger partial charge is 0.308 e. The molecule has 0 spiro atoms. The number of nitrogens with one attached hydrogen (secondary N) is 3. The van der Waals surface area contributed by atoms with E-state index in [4.69, 9.17) is 5.14 Å². The van der Waals surface area contributed by atoms with Gasteiger partial charge >= 0.3 is 6.03 Å². The van der Waals surface area contributed by atoms with E-state index in [2.05, 4.69) is 30.9 Å². The Labute approximate surface area is 192 Å². The number of aliphatic imine (C=N–C) groups is 1. The maximum absolute atomic E-state index is 12.5. The molecule has 11 heteroatoms. The predicted octanol–water partition coefficient (Wildman–Crippen LogP) is 2.57. The van der Waals surface area contributed by atoms with Crippen LogP contribution in [-0.2, 0) is 16.4 Å². The van der Waals surface area contributed by atoms with Crippen molar-refractivity contribution >= 4 is 33.6 Å². The van der Waals surface area contributed by atoms with E-state index in [1.54, 1.807) is 24.3 Å². The van der Waals surface area contributed by atoms with Crippen molar-refractivity contribution in [3.8, 4) is 0 Å². The minimum absolute atomic E-state index is 0.0447. The van der Waals surface area contributed by atoms with E-state index in [1.165, 1.54) is 12.1 Å². The molecule has 33 heavy (non-hydrogen) atoms. The van der Waals surface area contributed by atoms with Crippen LogP contribution >= 0.6 is 0 Å². The van der Waals surface area contributed by atoms with Gasteiger partial charge in [-0.2, -0.15) is 0 Å². The number of hydrogen-bond donors (Lipinski definition) is 4. The fourth-order valence-electron chi connectivity index (χ4n) is 2.93. The second kappa shape index (κ2) is 10.7. The Balaban J connectivity index is 1.72. The molecule has 0 saturated heterocycles. The summed E-state index contributed by atoms with van der Waals surface area (Å²) in [7, 11) is -3.74. The molecule has 0 unspecified atom stereocenters. The zero-order valence-corrected chi connectivity index (χ0v) is 19.1. The SMILES string of the molecule is Cc1cc(C)nc(NC(=NCCc2ccc(S(N)(=O)=O)cc2)NC(=O)Nc2ccccc2)n1. The molecule has 0 atom stereocenters. The molecule has 0 aliphatic carbocycles. The summed E-state index contributed by atoms with van der Waals surface area (Å²) >= 11 is 0. The Morgan fingerprint density at radius 1 is 0.970 bits per heavy atom. The summed E-state index contributed by atoms with van der Waals surface area (Å²) in [6, 6.07) is 16.6. The molecular formula is C22H25N7O3S. The quantitative estimate of drug-likeness (QED) is 0.323. The van der Waals surface area contributed by atoms with Crippen LogP contribution in [0.2, 0.25) is 0 Å². The molecule has 5 N–H and O–H groups in total. The van der Waals surface area contributed by atoms with Gasteiger partial charge in [-0.05, 0) is 56.2 Å². The number of benzene rings is 2. The summed E-state index contributed by atoms with van der Waals surface area (Å²) in [5, 5.41) is 13.5. The Hall–Kier alpha value is -3.83. The molecule has 0 aliphatic heterocycles. The largest absolute Gasteiger partial charge is 0.326 e. The van der Waals surface area contributed by atoms with Gasteiger partial charge in [0.25, 0.3) is 0 Å². The molecule has 10 nitrogen and oxygen atoms in total. The number of amides is 2. The minimum atomic E-state index is -3.74. The van der Waals surface area contributed by atoms with Gasteiger partial charge in [0.15, 0.2) is 0 Å². The average Bonchev–Trinajstić information content (AvgIpc) is 2.73. The molecule has 1 heterocycles. The van der Waals surface area contributed by atoms with Gasteiger partial charge in [-0.3, -0.25) is 15.6 Å². The second-order valence-corrected chi connectivity index (χ2v) is 8.78. The summed E-state index contributed by atoms with van der Waals surface area (Å²) in [6.07, 6.45) is 0.506. The van der Waals surface area contributed by atoms with Crippen molar-refractivity contribution in [1.29, 1.82) is 0 Å². The Kier molecular flexibility index (Phi) is 7.70. The molecular weight excluding hydrogens is 442 g/mol. The number of carbonyl (C=O) groups is 1. The maximum atomic E-state index is 12.5. The molecule has 0 aliphatic rings. The molecule has 1 aromatic heterocycles. The molecule has 2 amide bonds. The summed E-state index contributed by atoms with van der Waals surface area (Å²) in [4.78, 5) is 25.6. The van der Waals surface area contributed by atoms with Crippen LogP contribution < -0.4 is 21.1 Å². The lowest BCUT2D eigenvalue weighted by molar-refractivity contribution is 0.256. The number of nitrogens with two attached hydrogens (primary N) is 1. The molecule has 2 aromatic carbocycles. The summed E-state index contributed by atoms with van der Waals surface area (Å²) in [5.41, 5.74) is 3.04. The van der Waals surface area contributed by atoms with Crippen molar-refractivity contribution in [2.24, 2.45) is 10.1 Å². The zero-order chi connectivity index (χ0) is 23.8. The number of hydrogen-bond acceptors (Lipinski definition) is 6. The van der Waals surface area contributed by atoms with Gasteiger partial charge in [-0.15, -0.1) is 0 Å². The number of rotatable bonds is 6. The van der Waals surface area contributed by atoms with Gasteiger partial charge in [0.05, 0.1) is 4.90 Å². The first-order valence-electron chi connectivity index (χ1n) is 10.1. The third-order valence-corrected chi connectivity index (χ3v) is 5.33.